The van der Waals surface area contributed by atoms with Crippen molar-refractivity contribution < 1.29 is 59.1 Å². The van der Waals surface area contributed by atoms with Crippen molar-refractivity contribution in [2.75, 3.05) is 6.61 Å². The van der Waals surface area contributed by atoms with Gasteiger partial charge in [-0.25, -0.2) is 9.18 Å². The van der Waals surface area contributed by atoms with Crippen molar-refractivity contribution >= 4 is 17.3 Å². The maximum Gasteiger partial charge on any atom is 0.335 e. The number of aliphatic hydroxyl groups excluding tert-OH is 6. The van der Waals surface area contributed by atoms with Crippen molar-refractivity contribution in [2.45, 2.75) is 74.6 Å². The fourth-order valence-electron chi connectivity index (χ4n) is 5.32. The van der Waals surface area contributed by atoms with Crippen LogP contribution >= 0.6 is 11.3 Å². The number of carboxylic acid groups (broad SMARTS) is 1. The Hall–Kier alpha value is -2.82. The number of carbonyl (C=O) groups is 1. The largest absolute Gasteiger partial charge is 0.479 e. The molecule has 5 rings (SSSR count). The molecule has 13 heteroatoms. The molecule has 3 heterocycles. The highest BCUT2D eigenvalue weighted by Gasteiger charge is 2.52. The average molecular weight is 621 g/mol. The number of hydrogen-bond acceptors (Lipinski definition) is 11. The summed E-state index contributed by atoms with van der Waals surface area (Å²) in [5.74, 6) is -1.93. The Morgan fingerprint density at radius 2 is 1.63 bits per heavy atom. The molecule has 11 nitrogen and oxygen atoms in total. The van der Waals surface area contributed by atoms with Crippen LogP contribution in [-0.4, -0.2) is 103 Å². The maximum absolute atomic E-state index is 13.4. The molecule has 232 valence electrons. The summed E-state index contributed by atoms with van der Waals surface area (Å²) in [7, 11) is 0. The second kappa shape index (κ2) is 13.0. The van der Waals surface area contributed by atoms with Crippen molar-refractivity contribution in [2.24, 2.45) is 0 Å². The summed E-state index contributed by atoms with van der Waals surface area (Å²) in [6.45, 7) is 1.29. The van der Waals surface area contributed by atoms with Crippen LogP contribution in [0.3, 0.4) is 0 Å². The molecule has 2 fully saturated rings. The number of benzene rings is 2. The molecule has 2 aliphatic heterocycles. The Bertz CT molecular complexity index is 1420. The van der Waals surface area contributed by atoms with Gasteiger partial charge in [0.05, 0.1) is 6.61 Å². The first-order valence-corrected chi connectivity index (χ1v) is 14.4. The van der Waals surface area contributed by atoms with Gasteiger partial charge in [-0.15, -0.1) is 11.3 Å². The fourth-order valence-corrected chi connectivity index (χ4v) is 6.36. The summed E-state index contributed by atoms with van der Waals surface area (Å²) in [5.41, 5.74) is 3.22. The topological polar surface area (TPSA) is 186 Å². The van der Waals surface area contributed by atoms with Gasteiger partial charge in [0, 0.05) is 16.2 Å². The monoisotopic (exact) mass is 620 g/mol. The lowest BCUT2D eigenvalue weighted by Crippen LogP contribution is -2.63. The average Bonchev–Trinajstić information content (AvgIpc) is 3.45. The molecule has 2 aliphatic rings. The number of thiophene rings is 1. The van der Waals surface area contributed by atoms with Gasteiger partial charge in [-0.3, -0.25) is 0 Å². The number of halogens is 1. The van der Waals surface area contributed by atoms with E-state index >= 15 is 0 Å². The van der Waals surface area contributed by atoms with Crippen LogP contribution in [0.1, 0.15) is 27.7 Å². The summed E-state index contributed by atoms with van der Waals surface area (Å²) in [5, 5.41) is 71.5. The lowest BCUT2D eigenvalue weighted by atomic mass is 9.89. The van der Waals surface area contributed by atoms with E-state index in [9.17, 15) is 44.9 Å². The second-order valence-electron chi connectivity index (χ2n) is 10.7. The van der Waals surface area contributed by atoms with Crippen LogP contribution in [0.5, 0.6) is 0 Å². The molecular formula is C30H33FO11S. The maximum atomic E-state index is 13.4. The highest BCUT2D eigenvalue weighted by Crippen LogP contribution is 2.38. The van der Waals surface area contributed by atoms with Gasteiger partial charge in [0.1, 0.15) is 54.6 Å². The molecule has 0 radical (unpaired) electrons. The summed E-state index contributed by atoms with van der Waals surface area (Å²) < 4.78 is 30.3. The van der Waals surface area contributed by atoms with E-state index < -0.39 is 73.8 Å². The molecule has 2 aromatic carbocycles. The van der Waals surface area contributed by atoms with E-state index in [0.717, 1.165) is 26.4 Å². The van der Waals surface area contributed by atoms with Gasteiger partial charge < -0.3 is 50.0 Å². The van der Waals surface area contributed by atoms with Crippen molar-refractivity contribution in [3.63, 3.8) is 0 Å². The number of aliphatic carboxylic acids is 1. The number of hydrogen-bond donors (Lipinski definition) is 7. The molecule has 5 unspecified atom stereocenters. The summed E-state index contributed by atoms with van der Waals surface area (Å²) >= 11 is 1.55. The third-order valence-electron chi connectivity index (χ3n) is 7.83. The zero-order valence-electron chi connectivity index (χ0n) is 22.9. The van der Waals surface area contributed by atoms with E-state index in [-0.39, 0.29) is 5.82 Å². The number of ether oxygens (including phenoxy) is 3. The Balaban J connectivity index is 1.42. The van der Waals surface area contributed by atoms with Gasteiger partial charge in [-0.05, 0) is 53.4 Å². The van der Waals surface area contributed by atoms with Gasteiger partial charge in [0.25, 0.3) is 0 Å². The Morgan fingerprint density at radius 3 is 2.30 bits per heavy atom. The predicted octanol–water partition coefficient (Wildman–Crippen LogP) is 0.885. The Kier molecular flexibility index (Phi) is 9.58. The van der Waals surface area contributed by atoms with Gasteiger partial charge in [0.15, 0.2) is 12.4 Å². The smallest absolute Gasteiger partial charge is 0.335 e. The Labute approximate surface area is 250 Å². The molecule has 3 aromatic rings. The molecule has 0 bridgehead atoms. The highest BCUT2D eigenvalue weighted by atomic mass is 32.1. The second-order valence-corrected chi connectivity index (χ2v) is 11.9. The van der Waals surface area contributed by atoms with Crippen LogP contribution in [0.2, 0.25) is 0 Å². The minimum Gasteiger partial charge on any atom is -0.479 e. The first kappa shape index (κ1) is 31.6. The third-order valence-corrected chi connectivity index (χ3v) is 8.96. The lowest BCUT2D eigenvalue weighted by Gasteiger charge is -2.46. The standard InChI is InChI=1S/C30H33FO11S/c1-13-2-3-15(10-16(13)11-18-8-9-20(43-18)14-4-6-17(31)7-5-14)26-27(23(35)21(33)19(12-32)40-26)41-30-25(37)22(34)24(36)28(42-30)29(38)39/h2-10,19,21-28,30,32-37H,11-12H2,1H3,(H,38,39)/t19-,21-,22?,23+,24?,25?,26+,27-,28?,30?/m1/s1. The predicted molar refractivity (Wildman–Crippen MR) is 150 cm³/mol. The van der Waals surface area contributed by atoms with Crippen LogP contribution in [0.25, 0.3) is 10.4 Å². The van der Waals surface area contributed by atoms with Crippen LogP contribution in [0, 0.1) is 12.7 Å². The quantitative estimate of drug-likeness (QED) is 0.190. The molecule has 0 saturated carbocycles. The first-order chi connectivity index (χ1) is 20.5. The molecule has 2 saturated heterocycles. The van der Waals surface area contributed by atoms with Gasteiger partial charge in [-0.2, -0.15) is 0 Å². The summed E-state index contributed by atoms with van der Waals surface area (Å²) in [4.78, 5) is 13.6. The molecule has 43 heavy (non-hydrogen) atoms. The first-order valence-electron chi connectivity index (χ1n) is 13.6. The number of rotatable bonds is 8. The molecular weight excluding hydrogens is 587 g/mol. The van der Waals surface area contributed by atoms with Gasteiger partial charge in [-0.1, -0.05) is 30.3 Å². The van der Waals surface area contributed by atoms with E-state index in [0.29, 0.717) is 12.0 Å². The normalized spacial score (nSPS) is 32.9. The van der Waals surface area contributed by atoms with E-state index in [1.54, 1.807) is 29.5 Å². The number of aryl methyl sites for hydroxylation is 1. The molecule has 1 aromatic heterocycles. The third kappa shape index (κ3) is 6.51. The van der Waals surface area contributed by atoms with Gasteiger partial charge >= 0.3 is 5.97 Å². The zero-order chi connectivity index (χ0) is 31.0. The van der Waals surface area contributed by atoms with Crippen molar-refractivity contribution in [3.8, 4) is 10.4 Å². The van der Waals surface area contributed by atoms with Crippen LogP contribution < -0.4 is 0 Å². The lowest BCUT2D eigenvalue weighted by molar-refractivity contribution is -0.337. The Morgan fingerprint density at radius 1 is 0.907 bits per heavy atom. The van der Waals surface area contributed by atoms with Crippen molar-refractivity contribution in [1.82, 2.24) is 0 Å². The number of carboxylic acids is 1. The molecule has 7 N–H and O–H groups in total. The van der Waals surface area contributed by atoms with E-state index in [4.69, 9.17) is 14.2 Å². The van der Waals surface area contributed by atoms with E-state index in [1.165, 1.54) is 12.1 Å². The SMILES string of the molecule is Cc1ccc([C@@H]2O[C@H](CO)[C@@H](O)[C@H](O)[C@H]2OC2OC(C(=O)O)C(O)C(O)C2O)cc1Cc1ccc(-c2ccc(F)cc2)s1. The van der Waals surface area contributed by atoms with Crippen LogP contribution in [-0.2, 0) is 25.4 Å². The van der Waals surface area contributed by atoms with Crippen molar-refractivity contribution in [1.29, 1.82) is 0 Å². The summed E-state index contributed by atoms with van der Waals surface area (Å²) in [6.07, 6.45) is -16.1. The molecule has 0 aliphatic carbocycles. The molecule has 10 atom stereocenters. The summed E-state index contributed by atoms with van der Waals surface area (Å²) in [6, 6.07) is 15.5. The van der Waals surface area contributed by atoms with E-state index in [1.807, 2.05) is 31.2 Å². The minimum absolute atomic E-state index is 0.318. The fraction of sp³-hybridized carbons (Fsp3) is 0.433. The van der Waals surface area contributed by atoms with Crippen molar-refractivity contribution in [3.05, 3.63) is 82.0 Å². The highest BCUT2D eigenvalue weighted by molar-refractivity contribution is 7.15. The van der Waals surface area contributed by atoms with Crippen LogP contribution in [0.4, 0.5) is 4.39 Å². The van der Waals surface area contributed by atoms with Crippen LogP contribution in [0.15, 0.2) is 54.6 Å². The minimum atomic E-state index is -1.94. The number of aliphatic hydroxyl groups is 6. The molecule has 0 spiro atoms. The van der Waals surface area contributed by atoms with Gasteiger partial charge in [0.2, 0.25) is 0 Å². The zero-order valence-corrected chi connectivity index (χ0v) is 23.8. The molecule has 0 amide bonds. The van der Waals surface area contributed by atoms with E-state index in [2.05, 4.69) is 0 Å².